The van der Waals surface area contributed by atoms with Gasteiger partial charge in [-0.25, -0.2) is 0 Å². The Morgan fingerprint density at radius 1 is 1.17 bits per heavy atom. The van der Waals surface area contributed by atoms with Crippen LogP contribution in [0.2, 0.25) is 0 Å². The number of Topliss-reactive ketones (excluding diaryl/α,β-unsaturated/α-hetero) is 2. The van der Waals surface area contributed by atoms with E-state index < -0.39 is 17.9 Å². The van der Waals surface area contributed by atoms with Crippen molar-refractivity contribution in [2.75, 3.05) is 21.3 Å². The van der Waals surface area contributed by atoms with Crippen LogP contribution in [0.1, 0.15) is 34.1 Å². The molecule has 0 saturated heterocycles. The second-order valence-corrected chi connectivity index (χ2v) is 5.79. The predicted molar refractivity (Wildman–Crippen MR) is 82.4 cm³/mol. The van der Waals surface area contributed by atoms with E-state index in [1.54, 1.807) is 6.92 Å². The molecule has 1 N–H and O–H groups in total. The minimum atomic E-state index is -1.55. The number of hydrogen-bond acceptors (Lipinski definition) is 7. The molecule has 1 heterocycles. The molecule has 24 heavy (non-hydrogen) atoms. The first-order valence-electron chi connectivity index (χ1n) is 7.34. The summed E-state index contributed by atoms with van der Waals surface area (Å²) >= 11 is 0. The monoisotopic (exact) mass is 334 g/mol. The number of carbonyl (C=O) groups is 2. The Labute approximate surface area is 138 Å². The number of aliphatic hydroxyl groups is 1. The molecule has 1 aromatic carbocycles. The van der Waals surface area contributed by atoms with E-state index >= 15 is 0 Å². The van der Waals surface area contributed by atoms with Crippen LogP contribution in [-0.2, 0) is 9.47 Å². The number of methoxy groups -OCH3 is 3. The molecule has 1 aliphatic carbocycles. The summed E-state index contributed by atoms with van der Waals surface area (Å²) in [6.45, 7) is 1.60. The van der Waals surface area contributed by atoms with E-state index in [0.717, 1.165) is 0 Å². The lowest BCUT2D eigenvalue weighted by atomic mass is 9.79. The number of fused-ring (bicyclic) bond motifs is 1. The van der Waals surface area contributed by atoms with Gasteiger partial charge in [0, 0.05) is 30.7 Å². The molecule has 2 atom stereocenters. The summed E-state index contributed by atoms with van der Waals surface area (Å²) < 4.78 is 21.0. The number of ether oxygens (including phenoxy) is 4. The summed E-state index contributed by atoms with van der Waals surface area (Å²) in [6.07, 6.45) is -1.49. The summed E-state index contributed by atoms with van der Waals surface area (Å²) in [5.41, 5.74) is 0.407. The second kappa shape index (κ2) is 5.70. The maximum Gasteiger partial charge on any atom is 0.199 e. The van der Waals surface area contributed by atoms with Crippen LogP contribution in [0.15, 0.2) is 23.3 Å². The number of rotatable bonds is 3. The van der Waals surface area contributed by atoms with E-state index in [1.807, 2.05) is 0 Å². The lowest BCUT2D eigenvalue weighted by Crippen LogP contribution is -2.45. The first-order chi connectivity index (χ1) is 11.3. The molecule has 1 aromatic rings. The van der Waals surface area contributed by atoms with Gasteiger partial charge in [0.15, 0.2) is 23.6 Å². The van der Waals surface area contributed by atoms with Gasteiger partial charge >= 0.3 is 0 Å². The van der Waals surface area contributed by atoms with Crippen LogP contribution in [0.5, 0.6) is 11.5 Å². The first-order valence-corrected chi connectivity index (χ1v) is 7.34. The molecule has 0 spiro atoms. The van der Waals surface area contributed by atoms with Crippen molar-refractivity contribution in [1.29, 1.82) is 0 Å². The van der Waals surface area contributed by atoms with E-state index in [2.05, 4.69) is 0 Å². The van der Waals surface area contributed by atoms with E-state index in [0.29, 0.717) is 5.75 Å². The molecule has 7 nitrogen and oxygen atoms in total. The molecule has 0 fully saturated rings. The molecule has 0 bridgehead atoms. The van der Waals surface area contributed by atoms with Gasteiger partial charge in [0.2, 0.25) is 0 Å². The molecule has 0 aromatic heterocycles. The van der Waals surface area contributed by atoms with E-state index in [-0.39, 0.29) is 40.2 Å². The molecular weight excluding hydrogens is 316 g/mol. The average molecular weight is 334 g/mol. The van der Waals surface area contributed by atoms with Crippen LogP contribution in [-0.4, -0.2) is 50.1 Å². The smallest absolute Gasteiger partial charge is 0.199 e. The number of carbonyl (C=O) groups excluding carboxylic acids is 2. The van der Waals surface area contributed by atoms with Crippen molar-refractivity contribution in [1.82, 2.24) is 0 Å². The first kappa shape index (κ1) is 16.6. The van der Waals surface area contributed by atoms with E-state index in [4.69, 9.17) is 18.9 Å². The van der Waals surface area contributed by atoms with Crippen LogP contribution in [0.3, 0.4) is 0 Å². The highest BCUT2D eigenvalue weighted by atomic mass is 16.7. The van der Waals surface area contributed by atoms with Crippen LogP contribution in [0, 0.1) is 0 Å². The van der Waals surface area contributed by atoms with Crippen LogP contribution in [0.4, 0.5) is 0 Å². The standard InChI is InChI=1S/C17H18O7/c1-17(23-4)7-10-13(16(20)24-17)15(19)12-9(14(10)18)5-8(21-2)6-11(12)22-3/h5-6,16,20H,7H2,1-4H3/t16-,17+/m0/s1. The average Bonchev–Trinajstić information content (AvgIpc) is 2.57. The summed E-state index contributed by atoms with van der Waals surface area (Å²) in [7, 11) is 4.26. The zero-order chi connectivity index (χ0) is 17.6. The largest absolute Gasteiger partial charge is 0.497 e. The maximum atomic E-state index is 12.9. The molecule has 128 valence electrons. The third kappa shape index (κ3) is 2.32. The molecule has 3 rings (SSSR count). The van der Waals surface area contributed by atoms with Gasteiger partial charge in [-0.1, -0.05) is 0 Å². The Morgan fingerprint density at radius 3 is 2.46 bits per heavy atom. The molecule has 2 aliphatic rings. The highest BCUT2D eigenvalue weighted by molar-refractivity contribution is 6.28. The van der Waals surface area contributed by atoms with Crippen LogP contribution >= 0.6 is 0 Å². The molecule has 0 amide bonds. The number of aliphatic hydroxyl groups excluding tert-OH is 1. The lowest BCUT2D eigenvalue weighted by Gasteiger charge is -2.38. The Balaban J connectivity index is 2.21. The normalized spacial score (nSPS) is 26.1. The maximum absolute atomic E-state index is 12.9. The summed E-state index contributed by atoms with van der Waals surface area (Å²) in [5.74, 6) is -1.44. The number of benzene rings is 1. The van der Waals surface area contributed by atoms with Gasteiger partial charge in [0.25, 0.3) is 0 Å². The topological polar surface area (TPSA) is 91.3 Å². The molecule has 7 heteroatoms. The van der Waals surface area contributed by atoms with Crippen LogP contribution < -0.4 is 9.47 Å². The van der Waals surface area contributed by atoms with Gasteiger partial charge in [-0.05, 0) is 13.0 Å². The van der Waals surface area contributed by atoms with Gasteiger partial charge < -0.3 is 24.1 Å². The van der Waals surface area contributed by atoms with Gasteiger partial charge in [-0.15, -0.1) is 0 Å². The number of ketones is 2. The highest BCUT2D eigenvalue weighted by Crippen LogP contribution is 2.42. The van der Waals surface area contributed by atoms with Crippen molar-refractivity contribution in [3.05, 3.63) is 34.4 Å². The second-order valence-electron chi connectivity index (χ2n) is 5.79. The van der Waals surface area contributed by atoms with Crippen molar-refractivity contribution in [2.45, 2.75) is 25.4 Å². The Kier molecular flexibility index (Phi) is 3.95. The van der Waals surface area contributed by atoms with Gasteiger partial charge in [0.05, 0.1) is 25.4 Å². The third-order valence-electron chi connectivity index (χ3n) is 4.38. The van der Waals surface area contributed by atoms with Gasteiger partial charge in [0.1, 0.15) is 11.5 Å². The van der Waals surface area contributed by atoms with E-state index in [9.17, 15) is 14.7 Å². The summed E-state index contributed by atoms with van der Waals surface area (Å²) in [4.78, 5) is 25.8. The van der Waals surface area contributed by atoms with Crippen molar-refractivity contribution in [3.63, 3.8) is 0 Å². The quantitative estimate of drug-likeness (QED) is 0.895. The minimum Gasteiger partial charge on any atom is -0.497 e. The fraction of sp³-hybridized carbons (Fsp3) is 0.412. The molecule has 0 radical (unpaired) electrons. The Morgan fingerprint density at radius 2 is 1.88 bits per heavy atom. The predicted octanol–water partition coefficient (Wildman–Crippen LogP) is 1.48. The summed E-state index contributed by atoms with van der Waals surface area (Å²) in [6, 6.07) is 3.01. The molecule has 1 aliphatic heterocycles. The zero-order valence-corrected chi connectivity index (χ0v) is 13.8. The van der Waals surface area contributed by atoms with Gasteiger partial charge in [-0.2, -0.15) is 0 Å². The molecular formula is C17H18O7. The molecule has 0 saturated carbocycles. The fourth-order valence-electron chi connectivity index (χ4n) is 3.05. The van der Waals surface area contributed by atoms with Crippen LogP contribution in [0.25, 0.3) is 0 Å². The van der Waals surface area contributed by atoms with Crippen molar-refractivity contribution in [3.8, 4) is 11.5 Å². The minimum absolute atomic E-state index is 0.0550. The summed E-state index contributed by atoms with van der Waals surface area (Å²) in [5, 5.41) is 10.3. The SMILES string of the molecule is COc1cc(OC)c2c(c1)C(=O)C1=C(C2=O)[C@@H](O)O[C@@](C)(OC)C1. The van der Waals surface area contributed by atoms with E-state index in [1.165, 1.54) is 33.5 Å². The highest BCUT2D eigenvalue weighted by Gasteiger charge is 2.46. The number of hydrogen-bond donors (Lipinski definition) is 1. The zero-order valence-electron chi connectivity index (χ0n) is 13.8. The van der Waals surface area contributed by atoms with Crippen molar-refractivity contribution >= 4 is 11.6 Å². The lowest BCUT2D eigenvalue weighted by molar-refractivity contribution is -0.274. The Hall–Kier alpha value is -2.22. The fourth-order valence-corrected chi connectivity index (χ4v) is 3.05. The third-order valence-corrected chi connectivity index (χ3v) is 4.38. The van der Waals surface area contributed by atoms with Crippen molar-refractivity contribution < 1.29 is 33.6 Å². The van der Waals surface area contributed by atoms with Gasteiger partial charge in [-0.3, -0.25) is 9.59 Å². The van der Waals surface area contributed by atoms with Crippen molar-refractivity contribution in [2.24, 2.45) is 0 Å². The Bertz CT molecular complexity index is 764. The molecule has 0 unspecified atom stereocenters.